The van der Waals surface area contributed by atoms with Crippen LogP contribution in [0.1, 0.15) is 16.7 Å². The fourth-order valence-corrected chi connectivity index (χ4v) is 2.09. The van der Waals surface area contributed by atoms with Gasteiger partial charge >= 0.3 is 5.97 Å². The maximum Gasteiger partial charge on any atom is 0.328 e. The van der Waals surface area contributed by atoms with Gasteiger partial charge in [-0.1, -0.05) is 65.7 Å². The lowest BCUT2D eigenvalue weighted by Gasteiger charge is -2.13. The first-order chi connectivity index (χ1) is 11.1. The summed E-state index contributed by atoms with van der Waals surface area (Å²) in [6.07, 6.45) is 0.941. The molecule has 1 atom stereocenters. The molecule has 1 N–H and O–H groups in total. The molecule has 0 aliphatic heterocycles. The molecule has 0 radical (unpaired) electrons. The number of hydrogen-bond acceptors (Lipinski definition) is 3. The summed E-state index contributed by atoms with van der Waals surface area (Å²) < 4.78 is 4.58. The molecule has 122 valence electrons. The quantitative estimate of drug-likeness (QED) is 0.682. The molecule has 2 aromatic carbocycles. The average Bonchev–Trinajstić information content (AvgIpc) is 2.55. The molecule has 1 amide bonds. The molecule has 0 fully saturated rings. The monoisotopic (exact) mass is 313 g/mol. The molecule has 4 heteroatoms. The van der Waals surface area contributed by atoms with E-state index in [-0.39, 0.29) is 0 Å². The van der Waals surface area contributed by atoms with Gasteiger partial charge in [0.15, 0.2) is 0 Å². The Hall–Kier alpha value is -2.62. The maximum absolute atomic E-state index is 11.3. The van der Waals surface area contributed by atoms with Crippen molar-refractivity contribution in [3.63, 3.8) is 0 Å². The van der Waals surface area contributed by atoms with Gasteiger partial charge in [-0.2, -0.15) is 0 Å². The van der Waals surface area contributed by atoms with Gasteiger partial charge in [0.25, 0.3) is 0 Å². The van der Waals surface area contributed by atoms with Crippen molar-refractivity contribution in [2.75, 3.05) is 7.11 Å². The van der Waals surface area contributed by atoms with Crippen LogP contribution >= 0.6 is 0 Å². The molecule has 2 aromatic rings. The summed E-state index contributed by atoms with van der Waals surface area (Å²) in [5.41, 5.74) is 3.65. The molecule has 0 saturated heterocycles. The van der Waals surface area contributed by atoms with E-state index in [0.717, 1.165) is 5.56 Å². The molecule has 0 bridgehead atoms. The molecule has 0 heterocycles. The number of carbonyl (C=O) groups is 2. The average molecular weight is 313 g/mol. The summed E-state index contributed by atoms with van der Waals surface area (Å²) >= 11 is 0. The Morgan fingerprint density at radius 3 is 2.13 bits per heavy atom. The number of hydrogen-bond donors (Lipinski definition) is 1. The predicted octanol–water partition coefficient (Wildman–Crippen LogP) is 2.82. The van der Waals surface area contributed by atoms with Gasteiger partial charge in [-0.15, -0.1) is 0 Å². The minimum Gasteiger partial charge on any atom is -0.467 e. The molecule has 0 aliphatic carbocycles. The van der Waals surface area contributed by atoms with E-state index in [4.69, 9.17) is 0 Å². The Bertz CT molecular complexity index is 594. The number of amides is 1. The normalized spacial score (nSPS) is 10.7. The lowest BCUT2D eigenvalue weighted by molar-refractivity contribution is -0.144. The molecule has 0 aromatic heterocycles. The number of esters is 1. The third kappa shape index (κ3) is 7.27. The predicted molar refractivity (Wildman–Crippen MR) is 91.1 cm³/mol. The number of carbonyl (C=O) groups excluding carboxylic acids is 2. The fourth-order valence-electron chi connectivity index (χ4n) is 2.09. The van der Waals surface area contributed by atoms with Crippen LogP contribution in [0.2, 0.25) is 0 Å². The van der Waals surface area contributed by atoms with Crippen LogP contribution in [0.15, 0.2) is 54.6 Å². The Balaban J connectivity index is 0.000000277. The van der Waals surface area contributed by atoms with Crippen LogP contribution in [0.3, 0.4) is 0 Å². The Kier molecular flexibility index (Phi) is 8.14. The summed E-state index contributed by atoms with van der Waals surface area (Å²) in [5, 5.41) is 2.43. The lowest BCUT2D eigenvalue weighted by Crippen LogP contribution is -2.38. The van der Waals surface area contributed by atoms with E-state index >= 15 is 0 Å². The molecule has 0 aliphatic rings. The molecule has 0 saturated carbocycles. The highest BCUT2D eigenvalue weighted by atomic mass is 16.5. The molecule has 4 nitrogen and oxygen atoms in total. The SMILES string of the molecule is COC(=O)[C@H](Cc1ccccc1)NC=O.Cc1cccc(C)c1. The van der Waals surface area contributed by atoms with Gasteiger partial charge in [-0.25, -0.2) is 4.79 Å². The highest BCUT2D eigenvalue weighted by Gasteiger charge is 2.18. The van der Waals surface area contributed by atoms with E-state index in [2.05, 4.69) is 48.2 Å². The Morgan fingerprint density at radius 2 is 1.70 bits per heavy atom. The van der Waals surface area contributed by atoms with Gasteiger partial charge < -0.3 is 10.1 Å². The molecule has 2 rings (SSSR count). The summed E-state index contributed by atoms with van der Waals surface area (Å²) in [6, 6.07) is 17.3. The lowest BCUT2D eigenvalue weighted by atomic mass is 10.1. The van der Waals surface area contributed by atoms with Crippen molar-refractivity contribution in [2.24, 2.45) is 0 Å². The van der Waals surface area contributed by atoms with Crippen LogP contribution in [-0.4, -0.2) is 25.5 Å². The largest absolute Gasteiger partial charge is 0.467 e. The Labute approximate surface area is 137 Å². The third-order valence-electron chi connectivity index (χ3n) is 3.21. The van der Waals surface area contributed by atoms with Gasteiger partial charge in [0.05, 0.1) is 7.11 Å². The zero-order chi connectivity index (χ0) is 17.1. The van der Waals surface area contributed by atoms with Crippen molar-refractivity contribution < 1.29 is 14.3 Å². The second-order valence-corrected chi connectivity index (χ2v) is 5.21. The molecular formula is C19H23NO3. The van der Waals surface area contributed by atoms with E-state index in [9.17, 15) is 9.59 Å². The minimum atomic E-state index is -0.616. The molecular weight excluding hydrogens is 290 g/mol. The van der Waals surface area contributed by atoms with Crippen LogP contribution in [0.5, 0.6) is 0 Å². The van der Waals surface area contributed by atoms with E-state index in [1.54, 1.807) is 0 Å². The van der Waals surface area contributed by atoms with Crippen molar-refractivity contribution in [2.45, 2.75) is 26.3 Å². The van der Waals surface area contributed by atoms with Crippen molar-refractivity contribution >= 4 is 12.4 Å². The summed E-state index contributed by atoms with van der Waals surface area (Å²) in [6.45, 7) is 4.21. The molecule has 23 heavy (non-hydrogen) atoms. The van der Waals surface area contributed by atoms with Crippen LogP contribution < -0.4 is 5.32 Å². The van der Waals surface area contributed by atoms with E-state index in [0.29, 0.717) is 12.8 Å². The van der Waals surface area contributed by atoms with Crippen molar-refractivity contribution in [1.29, 1.82) is 0 Å². The summed E-state index contributed by atoms with van der Waals surface area (Å²) in [7, 11) is 1.30. The molecule has 0 unspecified atom stereocenters. The van der Waals surface area contributed by atoms with Crippen LogP contribution in [0.25, 0.3) is 0 Å². The number of aryl methyl sites for hydroxylation is 2. The van der Waals surface area contributed by atoms with E-state index in [1.807, 2.05) is 30.3 Å². The second kappa shape index (κ2) is 10.2. The van der Waals surface area contributed by atoms with Crippen molar-refractivity contribution in [1.82, 2.24) is 5.32 Å². The first kappa shape index (κ1) is 18.4. The number of rotatable bonds is 5. The van der Waals surface area contributed by atoms with E-state index < -0.39 is 12.0 Å². The van der Waals surface area contributed by atoms with Crippen molar-refractivity contribution in [3.05, 3.63) is 71.3 Å². The van der Waals surface area contributed by atoms with Gasteiger partial charge in [-0.05, 0) is 19.4 Å². The highest BCUT2D eigenvalue weighted by molar-refractivity contribution is 5.78. The fraction of sp³-hybridized carbons (Fsp3) is 0.263. The minimum absolute atomic E-state index is 0.437. The number of nitrogens with one attached hydrogen (secondary N) is 1. The van der Waals surface area contributed by atoms with Gasteiger partial charge in [0.2, 0.25) is 6.41 Å². The van der Waals surface area contributed by atoms with Crippen LogP contribution in [0.4, 0.5) is 0 Å². The number of benzene rings is 2. The zero-order valence-corrected chi connectivity index (χ0v) is 13.8. The van der Waals surface area contributed by atoms with Gasteiger partial charge in [0, 0.05) is 6.42 Å². The van der Waals surface area contributed by atoms with Crippen LogP contribution in [-0.2, 0) is 20.7 Å². The van der Waals surface area contributed by atoms with Gasteiger partial charge in [0.1, 0.15) is 6.04 Å². The maximum atomic E-state index is 11.3. The smallest absolute Gasteiger partial charge is 0.328 e. The Morgan fingerprint density at radius 1 is 1.09 bits per heavy atom. The first-order valence-corrected chi connectivity index (χ1v) is 7.41. The highest BCUT2D eigenvalue weighted by Crippen LogP contribution is 2.04. The zero-order valence-electron chi connectivity index (χ0n) is 13.8. The van der Waals surface area contributed by atoms with Crippen molar-refractivity contribution in [3.8, 4) is 0 Å². The topological polar surface area (TPSA) is 55.4 Å². The third-order valence-corrected chi connectivity index (χ3v) is 3.21. The number of methoxy groups -OCH3 is 1. The van der Waals surface area contributed by atoms with Gasteiger partial charge in [-0.3, -0.25) is 4.79 Å². The van der Waals surface area contributed by atoms with Crippen LogP contribution in [0, 0.1) is 13.8 Å². The molecule has 0 spiro atoms. The number of ether oxygens (including phenoxy) is 1. The summed E-state index contributed by atoms with van der Waals surface area (Å²) in [4.78, 5) is 21.6. The van der Waals surface area contributed by atoms with E-state index in [1.165, 1.54) is 18.2 Å². The first-order valence-electron chi connectivity index (χ1n) is 7.41. The summed E-state index contributed by atoms with van der Waals surface area (Å²) in [5.74, 6) is -0.439. The standard InChI is InChI=1S/C11H13NO3.C8H10/c1-15-11(14)10(12-8-13)7-9-5-3-2-4-6-9;1-7-4-3-5-8(2)6-7/h2-6,8,10H,7H2,1H3,(H,12,13);3-6H,1-2H3/t10-;/m0./s1. The second-order valence-electron chi connectivity index (χ2n) is 5.21.